The molecule has 0 aliphatic heterocycles. The van der Waals surface area contributed by atoms with Crippen LogP contribution < -0.4 is 10.4 Å². The molecular weight excluding hydrogens is 456 g/mol. The van der Waals surface area contributed by atoms with Gasteiger partial charge in [-0.3, -0.25) is 0 Å². The molecule has 4 rings (SSSR count). The summed E-state index contributed by atoms with van der Waals surface area (Å²) in [4.78, 5) is 0. The fraction of sp³-hybridized carbons (Fsp3) is 0.579. The van der Waals surface area contributed by atoms with Crippen molar-refractivity contribution < 1.29 is 0 Å². The SMILES string of the molecule is CC(C)C1=C(C(C)C)C(C(C)C)(C(C)(C)C)C(C2=CC=CC2)=C2C=c3cc(C(C)(C)C)cc(C(C)C)c3=C21. The summed E-state index contributed by atoms with van der Waals surface area (Å²) >= 11 is 0. The van der Waals surface area contributed by atoms with E-state index < -0.39 is 0 Å². The van der Waals surface area contributed by atoms with Crippen LogP contribution in [0.25, 0.3) is 11.6 Å². The summed E-state index contributed by atoms with van der Waals surface area (Å²) in [6.07, 6.45) is 10.7. The maximum Gasteiger partial charge on any atom is 0.0250 e. The first-order valence-electron chi connectivity index (χ1n) is 15.2. The van der Waals surface area contributed by atoms with Crippen LogP contribution in [0, 0.1) is 28.6 Å². The molecule has 0 heteroatoms. The summed E-state index contributed by atoms with van der Waals surface area (Å²) in [7, 11) is 0. The molecule has 1 aromatic rings. The smallest absolute Gasteiger partial charge is 0.0250 e. The molecule has 0 nitrogen and oxygen atoms in total. The van der Waals surface area contributed by atoms with Crippen LogP contribution >= 0.6 is 0 Å². The lowest BCUT2D eigenvalue weighted by Crippen LogP contribution is -2.49. The van der Waals surface area contributed by atoms with Crippen molar-refractivity contribution in [3.63, 3.8) is 0 Å². The van der Waals surface area contributed by atoms with Gasteiger partial charge in [-0.2, -0.15) is 0 Å². The fourth-order valence-corrected chi connectivity index (χ4v) is 8.18. The lowest BCUT2D eigenvalue weighted by molar-refractivity contribution is 0.102. The van der Waals surface area contributed by atoms with Gasteiger partial charge in [-0.15, -0.1) is 0 Å². The van der Waals surface area contributed by atoms with E-state index in [9.17, 15) is 0 Å². The predicted molar refractivity (Wildman–Crippen MR) is 169 cm³/mol. The Hall–Kier alpha value is -2.08. The predicted octanol–water partition coefficient (Wildman–Crippen LogP) is 9.55. The van der Waals surface area contributed by atoms with Crippen LogP contribution in [0.1, 0.15) is 120 Å². The van der Waals surface area contributed by atoms with Crippen molar-refractivity contribution in [1.82, 2.24) is 0 Å². The van der Waals surface area contributed by atoms with Gasteiger partial charge >= 0.3 is 0 Å². The van der Waals surface area contributed by atoms with E-state index in [-0.39, 0.29) is 16.2 Å². The Morgan fingerprint density at radius 2 is 1.42 bits per heavy atom. The van der Waals surface area contributed by atoms with Gasteiger partial charge in [0.25, 0.3) is 0 Å². The average molecular weight is 511 g/mol. The first-order valence-corrected chi connectivity index (χ1v) is 15.2. The number of hydrogen-bond acceptors (Lipinski definition) is 0. The summed E-state index contributed by atoms with van der Waals surface area (Å²) in [6, 6.07) is 5.05. The standard InChI is InChI=1S/C38H54/c1-22(2)29-21-28(36(9,10)11)19-27-20-30-33(32(27)29)31(23(3)4)34(24(5)6)38(25(7)8,37(12,13)14)35(30)26-17-15-16-18-26/h15-17,19-25H,18H2,1-14H3. The van der Waals surface area contributed by atoms with Crippen molar-refractivity contribution in [3.05, 3.63) is 79.8 Å². The molecule has 3 aliphatic carbocycles. The van der Waals surface area contributed by atoms with Gasteiger partial charge in [-0.25, -0.2) is 0 Å². The van der Waals surface area contributed by atoms with E-state index >= 15 is 0 Å². The normalized spacial score (nSPS) is 21.8. The van der Waals surface area contributed by atoms with Gasteiger partial charge in [0.1, 0.15) is 0 Å². The largest absolute Gasteiger partial charge is 0.0801 e. The summed E-state index contributed by atoms with van der Waals surface area (Å²) in [5.41, 5.74) is 12.6. The number of allylic oxidation sites excluding steroid dienone is 8. The first kappa shape index (κ1) is 28.9. The zero-order valence-electron chi connectivity index (χ0n) is 27.0. The minimum atomic E-state index is -0.0408. The fourth-order valence-electron chi connectivity index (χ4n) is 8.18. The molecule has 0 radical (unpaired) electrons. The van der Waals surface area contributed by atoms with E-state index in [0.717, 1.165) is 6.42 Å². The van der Waals surface area contributed by atoms with Crippen LogP contribution in [0.2, 0.25) is 0 Å². The molecule has 0 heterocycles. The van der Waals surface area contributed by atoms with Crippen LogP contribution in [0.3, 0.4) is 0 Å². The lowest BCUT2D eigenvalue weighted by atomic mass is 9.46. The highest BCUT2D eigenvalue weighted by molar-refractivity contribution is 5.96. The Morgan fingerprint density at radius 3 is 1.84 bits per heavy atom. The van der Waals surface area contributed by atoms with Crippen molar-refractivity contribution in [1.29, 1.82) is 0 Å². The van der Waals surface area contributed by atoms with Gasteiger partial charge in [-0.05, 0) is 96.4 Å². The Morgan fingerprint density at radius 1 is 0.789 bits per heavy atom. The van der Waals surface area contributed by atoms with E-state index in [1.54, 1.807) is 22.3 Å². The number of fused-ring (bicyclic) bond motifs is 2. The molecular formula is C38H54. The molecule has 1 unspecified atom stereocenters. The number of benzene rings is 1. The maximum atomic E-state index is 2.60. The molecule has 206 valence electrons. The second kappa shape index (κ2) is 9.53. The second-order valence-electron chi connectivity index (χ2n) is 15.4. The van der Waals surface area contributed by atoms with Crippen LogP contribution in [-0.4, -0.2) is 0 Å². The maximum absolute atomic E-state index is 2.60. The monoisotopic (exact) mass is 510 g/mol. The molecule has 0 bridgehead atoms. The van der Waals surface area contributed by atoms with Crippen LogP contribution in [-0.2, 0) is 5.41 Å². The summed E-state index contributed by atoms with van der Waals surface area (Å²) in [5, 5.41) is 2.95. The summed E-state index contributed by atoms with van der Waals surface area (Å²) in [6.45, 7) is 34.1. The third-order valence-electron chi connectivity index (χ3n) is 9.45. The van der Waals surface area contributed by atoms with Crippen LogP contribution in [0.4, 0.5) is 0 Å². The van der Waals surface area contributed by atoms with Gasteiger partial charge in [-0.1, -0.05) is 133 Å². The van der Waals surface area contributed by atoms with Gasteiger partial charge in [0, 0.05) is 5.41 Å². The van der Waals surface area contributed by atoms with Crippen LogP contribution in [0.15, 0.2) is 58.2 Å². The molecule has 0 saturated carbocycles. The highest BCUT2D eigenvalue weighted by Crippen LogP contribution is 2.65. The van der Waals surface area contributed by atoms with Crippen molar-refractivity contribution in [2.24, 2.45) is 28.6 Å². The summed E-state index contributed by atoms with van der Waals surface area (Å²) in [5.74, 6) is 1.87. The van der Waals surface area contributed by atoms with Crippen molar-refractivity contribution in [3.8, 4) is 0 Å². The molecule has 0 amide bonds. The molecule has 0 fully saturated rings. The second-order valence-corrected chi connectivity index (χ2v) is 15.4. The molecule has 0 aromatic heterocycles. The van der Waals surface area contributed by atoms with Crippen LogP contribution in [0.5, 0.6) is 0 Å². The van der Waals surface area contributed by atoms with Gasteiger partial charge in [0.05, 0.1) is 0 Å². The lowest BCUT2D eigenvalue weighted by Gasteiger charge is -2.57. The van der Waals surface area contributed by atoms with Gasteiger partial charge in [0.15, 0.2) is 0 Å². The molecule has 3 aliphatic rings. The third kappa shape index (κ3) is 4.17. The van der Waals surface area contributed by atoms with Gasteiger partial charge in [0.2, 0.25) is 0 Å². The Kier molecular flexibility index (Phi) is 7.25. The van der Waals surface area contributed by atoms with E-state index in [0.29, 0.717) is 23.7 Å². The minimum Gasteiger partial charge on any atom is -0.0801 e. The average Bonchev–Trinajstić information content (AvgIpc) is 3.42. The van der Waals surface area contributed by atoms with Crippen molar-refractivity contribution >= 4 is 11.6 Å². The topological polar surface area (TPSA) is 0 Å². The number of rotatable bonds is 5. The minimum absolute atomic E-state index is 0.0408. The molecule has 1 aromatic carbocycles. The third-order valence-corrected chi connectivity index (χ3v) is 9.45. The van der Waals surface area contributed by atoms with Crippen molar-refractivity contribution in [2.45, 2.75) is 115 Å². The quantitative estimate of drug-likeness (QED) is 0.370. The first-order chi connectivity index (χ1) is 17.5. The molecule has 0 N–H and O–H groups in total. The Labute approximate surface area is 234 Å². The Bertz CT molecular complexity index is 1380. The highest BCUT2D eigenvalue weighted by atomic mass is 14.6. The molecule has 0 spiro atoms. The van der Waals surface area contributed by atoms with Crippen molar-refractivity contribution in [2.75, 3.05) is 0 Å². The van der Waals surface area contributed by atoms with E-state index in [1.807, 2.05) is 0 Å². The molecule has 38 heavy (non-hydrogen) atoms. The van der Waals surface area contributed by atoms with E-state index in [2.05, 4.69) is 133 Å². The molecule has 0 saturated heterocycles. The van der Waals surface area contributed by atoms with E-state index in [4.69, 9.17) is 0 Å². The van der Waals surface area contributed by atoms with E-state index in [1.165, 1.54) is 32.7 Å². The highest BCUT2D eigenvalue weighted by Gasteiger charge is 2.56. The Balaban J connectivity index is 2.38. The molecule has 1 atom stereocenters. The summed E-state index contributed by atoms with van der Waals surface area (Å²) < 4.78 is 0. The number of hydrogen-bond donors (Lipinski definition) is 0. The zero-order chi connectivity index (χ0) is 28.5. The van der Waals surface area contributed by atoms with Gasteiger partial charge < -0.3 is 0 Å². The zero-order valence-corrected chi connectivity index (χ0v) is 27.0.